The Morgan fingerprint density at radius 2 is 1.86 bits per heavy atom. The summed E-state index contributed by atoms with van der Waals surface area (Å²) in [5.41, 5.74) is 5.86. The molecule has 21 heavy (non-hydrogen) atoms. The zero-order valence-electron chi connectivity index (χ0n) is 12.7. The number of hydrogen-bond donors (Lipinski definition) is 2. The number of amides is 2. The quantitative estimate of drug-likeness (QED) is 0.805. The number of nitrogens with zero attached hydrogens (tertiary/aromatic N) is 1. The lowest BCUT2D eigenvalue weighted by atomic mass is 10.0. The molecule has 2 aliphatic rings. The fourth-order valence-electron chi connectivity index (χ4n) is 3.25. The number of carbonyl (C=O) groups excluding carboxylic acids is 2. The Bertz CT molecular complexity index is 346. The smallest absolute Gasteiger partial charge is 0.242 e. The van der Waals surface area contributed by atoms with Gasteiger partial charge in [-0.05, 0) is 25.2 Å². The molecule has 0 aromatic heterocycles. The van der Waals surface area contributed by atoms with Gasteiger partial charge in [-0.2, -0.15) is 0 Å². The SMILES string of the molecule is Cl.NC1CCCN(C(=O)CNC(=O)CCC2CCCC2)C1. The minimum atomic E-state index is -0.00522. The second-order valence-electron chi connectivity index (χ2n) is 6.21. The molecule has 6 heteroatoms. The first kappa shape index (κ1) is 18.2. The third kappa shape index (κ3) is 6.22. The fourth-order valence-corrected chi connectivity index (χ4v) is 3.25. The van der Waals surface area contributed by atoms with Crippen LogP contribution in [0.25, 0.3) is 0 Å². The molecule has 1 atom stereocenters. The highest BCUT2D eigenvalue weighted by atomic mass is 35.5. The fraction of sp³-hybridized carbons (Fsp3) is 0.867. The van der Waals surface area contributed by atoms with Crippen LogP contribution in [-0.4, -0.2) is 42.4 Å². The van der Waals surface area contributed by atoms with Gasteiger partial charge in [-0.15, -0.1) is 12.4 Å². The molecule has 2 fully saturated rings. The molecule has 1 heterocycles. The van der Waals surface area contributed by atoms with Crippen LogP contribution in [0.2, 0.25) is 0 Å². The number of nitrogens with one attached hydrogen (secondary N) is 1. The van der Waals surface area contributed by atoms with Gasteiger partial charge in [-0.3, -0.25) is 9.59 Å². The molecule has 0 radical (unpaired) electrons. The summed E-state index contributed by atoms with van der Waals surface area (Å²) in [7, 11) is 0. The highest BCUT2D eigenvalue weighted by Crippen LogP contribution is 2.28. The lowest BCUT2D eigenvalue weighted by Gasteiger charge is -2.30. The lowest BCUT2D eigenvalue weighted by Crippen LogP contribution is -2.48. The molecule has 2 rings (SSSR count). The van der Waals surface area contributed by atoms with Gasteiger partial charge >= 0.3 is 0 Å². The van der Waals surface area contributed by atoms with E-state index in [0.29, 0.717) is 13.0 Å². The number of piperidine rings is 1. The Kier molecular flexibility index (Phi) is 8.04. The summed E-state index contributed by atoms with van der Waals surface area (Å²) < 4.78 is 0. The number of rotatable bonds is 5. The highest BCUT2D eigenvalue weighted by molar-refractivity contribution is 5.85. The van der Waals surface area contributed by atoms with E-state index < -0.39 is 0 Å². The summed E-state index contributed by atoms with van der Waals surface area (Å²) in [6.45, 7) is 1.51. The second-order valence-corrected chi connectivity index (χ2v) is 6.21. The maximum atomic E-state index is 12.0. The van der Waals surface area contributed by atoms with Crippen molar-refractivity contribution in [1.29, 1.82) is 0 Å². The minimum absolute atomic E-state index is 0. The molecule has 2 amide bonds. The third-order valence-electron chi connectivity index (χ3n) is 4.50. The van der Waals surface area contributed by atoms with Gasteiger partial charge in [-0.25, -0.2) is 0 Å². The molecular formula is C15H28ClN3O2. The van der Waals surface area contributed by atoms with Crippen LogP contribution in [0.5, 0.6) is 0 Å². The van der Waals surface area contributed by atoms with E-state index in [1.807, 2.05) is 0 Å². The molecule has 5 nitrogen and oxygen atoms in total. The van der Waals surface area contributed by atoms with E-state index in [-0.39, 0.29) is 36.8 Å². The van der Waals surface area contributed by atoms with Crippen LogP contribution < -0.4 is 11.1 Å². The Labute approximate surface area is 133 Å². The number of hydrogen-bond acceptors (Lipinski definition) is 3. The molecule has 0 bridgehead atoms. The van der Waals surface area contributed by atoms with Gasteiger partial charge in [0.25, 0.3) is 0 Å². The first-order valence-corrected chi connectivity index (χ1v) is 7.95. The summed E-state index contributed by atoms with van der Waals surface area (Å²) in [6.07, 6.45) is 8.60. The highest BCUT2D eigenvalue weighted by Gasteiger charge is 2.21. The molecule has 1 unspecified atom stereocenters. The van der Waals surface area contributed by atoms with Crippen LogP contribution in [0, 0.1) is 5.92 Å². The van der Waals surface area contributed by atoms with E-state index in [4.69, 9.17) is 5.73 Å². The maximum Gasteiger partial charge on any atom is 0.242 e. The summed E-state index contributed by atoms with van der Waals surface area (Å²) in [5, 5.41) is 2.75. The first-order valence-electron chi connectivity index (χ1n) is 7.95. The number of carbonyl (C=O) groups is 2. The summed E-state index contributed by atoms with van der Waals surface area (Å²) in [5.74, 6) is 0.720. The van der Waals surface area contributed by atoms with Crippen molar-refractivity contribution in [3.63, 3.8) is 0 Å². The van der Waals surface area contributed by atoms with Crippen LogP contribution in [0.15, 0.2) is 0 Å². The van der Waals surface area contributed by atoms with E-state index in [1.54, 1.807) is 4.90 Å². The predicted molar refractivity (Wildman–Crippen MR) is 85.2 cm³/mol. The van der Waals surface area contributed by atoms with Crippen molar-refractivity contribution in [3.8, 4) is 0 Å². The van der Waals surface area contributed by atoms with E-state index >= 15 is 0 Å². The molecule has 0 aromatic rings. The lowest BCUT2D eigenvalue weighted by molar-refractivity contribution is -0.133. The average Bonchev–Trinajstić information content (AvgIpc) is 2.95. The third-order valence-corrected chi connectivity index (χ3v) is 4.50. The summed E-state index contributed by atoms with van der Waals surface area (Å²) in [4.78, 5) is 25.5. The molecular weight excluding hydrogens is 290 g/mol. The largest absolute Gasteiger partial charge is 0.347 e. The molecule has 1 aliphatic heterocycles. The van der Waals surface area contributed by atoms with Crippen molar-refractivity contribution in [3.05, 3.63) is 0 Å². The normalized spacial score (nSPS) is 22.7. The molecule has 122 valence electrons. The van der Waals surface area contributed by atoms with Crippen LogP contribution in [0.3, 0.4) is 0 Å². The van der Waals surface area contributed by atoms with Crippen LogP contribution in [-0.2, 0) is 9.59 Å². The van der Waals surface area contributed by atoms with Gasteiger partial charge < -0.3 is 16.0 Å². The average molecular weight is 318 g/mol. The number of halogens is 1. The van der Waals surface area contributed by atoms with Gasteiger partial charge in [0.1, 0.15) is 0 Å². The van der Waals surface area contributed by atoms with Crippen molar-refractivity contribution in [2.24, 2.45) is 11.7 Å². The Balaban J connectivity index is 0.00000220. The van der Waals surface area contributed by atoms with E-state index in [9.17, 15) is 9.59 Å². The topological polar surface area (TPSA) is 75.4 Å². The van der Waals surface area contributed by atoms with Crippen molar-refractivity contribution >= 4 is 24.2 Å². The monoisotopic (exact) mass is 317 g/mol. The second kappa shape index (κ2) is 9.26. The van der Waals surface area contributed by atoms with Crippen LogP contribution in [0.1, 0.15) is 51.4 Å². The van der Waals surface area contributed by atoms with E-state index in [1.165, 1.54) is 25.7 Å². The van der Waals surface area contributed by atoms with Gasteiger partial charge in [0.2, 0.25) is 11.8 Å². The van der Waals surface area contributed by atoms with Gasteiger partial charge in [0, 0.05) is 25.6 Å². The Morgan fingerprint density at radius 1 is 1.14 bits per heavy atom. The predicted octanol–water partition coefficient (Wildman–Crippen LogP) is 1.44. The van der Waals surface area contributed by atoms with Crippen molar-refractivity contribution in [2.75, 3.05) is 19.6 Å². The van der Waals surface area contributed by atoms with Crippen LogP contribution in [0.4, 0.5) is 0 Å². The molecule has 0 spiro atoms. The standard InChI is InChI=1S/C15H27N3O2.ClH/c16-13-6-3-9-18(11-13)15(20)10-17-14(19)8-7-12-4-1-2-5-12;/h12-13H,1-11,16H2,(H,17,19);1H. The minimum Gasteiger partial charge on any atom is -0.347 e. The van der Waals surface area contributed by atoms with Crippen molar-refractivity contribution < 1.29 is 9.59 Å². The Morgan fingerprint density at radius 3 is 2.52 bits per heavy atom. The van der Waals surface area contributed by atoms with Gasteiger partial charge in [0.15, 0.2) is 0 Å². The van der Waals surface area contributed by atoms with E-state index in [2.05, 4.69) is 5.32 Å². The summed E-state index contributed by atoms with van der Waals surface area (Å²) >= 11 is 0. The van der Waals surface area contributed by atoms with Gasteiger partial charge in [-0.1, -0.05) is 25.7 Å². The zero-order valence-corrected chi connectivity index (χ0v) is 13.5. The van der Waals surface area contributed by atoms with Crippen LogP contribution >= 0.6 is 12.4 Å². The zero-order chi connectivity index (χ0) is 14.4. The Hall–Kier alpha value is -0.810. The molecule has 1 saturated heterocycles. The summed E-state index contributed by atoms with van der Waals surface area (Å²) in [6, 6.07) is 0.0887. The molecule has 3 N–H and O–H groups in total. The van der Waals surface area contributed by atoms with E-state index in [0.717, 1.165) is 31.7 Å². The number of nitrogens with two attached hydrogens (primary N) is 1. The molecule has 0 aromatic carbocycles. The van der Waals surface area contributed by atoms with Gasteiger partial charge in [0.05, 0.1) is 6.54 Å². The molecule has 1 aliphatic carbocycles. The molecule has 1 saturated carbocycles. The van der Waals surface area contributed by atoms with Crippen molar-refractivity contribution in [2.45, 2.75) is 57.4 Å². The first-order chi connectivity index (χ1) is 9.65. The number of likely N-dealkylation sites (tertiary alicyclic amines) is 1. The maximum absolute atomic E-state index is 12.0. The van der Waals surface area contributed by atoms with Crippen molar-refractivity contribution in [1.82, 2.24) is 10.2 Å².